The molecule has 1 aromatic carbocycles. The molecule has 1 aliphatic rings. The van der Waals surface area contributed by atoms with Crippen molar-refractivity contribution in [2.45, 2.75) is 37.7 Å². The van der Waals surface area contributed by atoms with Gasteiger partial charge in [0.25, 0.3) is 0 Å². The maximum Gasteiger partial charge on any atom is 0.313 e. The van der Waals surface area contributed by atoms with Crippen LogP contribution >= 0.6 is 0 Å². The van der Waals surface area contributed by atoms with E-state index in [4.69, 9.17) is 0 Å². The first-order valence-electron chi connectivity index (χ1n) is 7.16. The van der Waals surface area contributed by atoms with Crippen molar-refractivity contribution in [1.82, 2.24) is 5.32 Å². The number of hydrogen-bond donors (Lipinski definition) is 3. The topological polar surface area (TPSA) is 78.4 Å². The lowest BCUT2D eigenvalue weighted by Gasteiger charge is -2.31. The van der Waals surface area contributed by atoms with Gasteiger partial charge in [0.15, 0.2) is 0 Å². The summed E-state index contributed by atoms with van der Waals surface area (Å²) in [7, 11) is 0. The Kier molecular flexibility index (Phi) is 5.07. The van der Waals surface area contributed by atoms with Crippen LogP contribution < -0.4 is 10.6 Å². The average Bonchev–Trinajstić information content (AvgIpc) is 2.44. The number of amides is 2. The molecule has 0 aromatic heterocycles. The van der Waals surface area contributed by atoms with Gasteiger partial charge in [-0.2, -0.15) is 0 Å². The van der Waals surface area contributed by atoms with Crippen molar-refractivity contribution >= 4 is 17.5 Å². The predicted molar refractivity (Wildman–Crippen MR) is 76.0 cm³/mol. The Balaban J connectivity index is 1.88. The van der Waals surface area contributed by atoms with Crippen molar-refractivity contribution in [3.8, 4) is 0 Å². The number of anilines is 1. The summed E-state index contributed by atoms with van der Waals surface area (Å²) in [4.78, 5) is 23.3. The molecule has 120 valence electrons. The fourth-order valence-electron chi connectivity index (χ4n) is 2.53. The highest BCUT2D eigenvalue weighted by Crippen LogP contribution is 2.27. The Bertz CT molecular complexity index is 552. The minimum atomic E-state index is -1.04. The first kappa shape index (κ1) is 16.4. The standard InChI is InChI=1S/C15H18F2N2O3/c16-10-6-11(17)8-12(7-10)19-14(21)13(20)18-9-15(22)4-2-1-3-5-15/h6-8,22H,1-5,9H2,(H,18,20)(H,19,21). The van der Waals surface area contributed by atoms with Crippen molar-refractivity contribution in [2.24, 2.45) is 0 Å². The molecule has 1 saturated carbocycles. The molecule has 22 heavy (non-hydrogen) atoms. The minimum Gasteiger partial charge on any atom is -0.388 e. The van der Waals surface area contributed by atoms with Gasteiger partial charge >= 0.3 is 11.8 Å². The zero-order valence-electron chi connectivity index (χ0n) is 12.0. The molecular formula is C15H18F2N2O3. The van der Waals surface area contributed by atoms with Gasteiger partial charge in [-0.15, -0.1) is 0 Å². The zero-order valence-corrected chi connectivity index (χ0v) is 12.0. The van der Waals surface area contributed by atoms with E-state index >= 15 is 0 Å². The van der Waals surface area contributed by atoms with Crippen LogP contribution in [0.2, 0.25) is 0 Å². The molecule has 0 bridgehead atoms. The van der Waals surface area contributed by atoms with Gasteiger partial charge in [-0.3, -0.25) is 9.59 Å². The van der Waals surface area contributed by atoms with Crippen LogP contribution in [-0.2, 0) is 9.59 Å². The summed E-state index contributed by atoms with van der Waals surface area (Å²) < 4.78 is 26.0. The van der Waals surface area contributed by atoms with Crippen LogP contribution in [0.25, 0.3) is 0 Å². The van der Waals surface area contributed by atoms with Gasteiger partial charge in [0.05, 0.1) is 5.60 Å². The summed E-state index contributed by atoms with van der Waals surface area (Å²) in [5.41, 5.74) is -1.13. The fourth-order valence-corrected chi connectivity index (χ4v) is 2.53. The largest absolute Gasteiger partial charge is 0.388 e. The van der Waals surface area contributed by atoms with Gasteiger partial charge in [0, 0.05) is 18.3 Å². The molecule has 0 atom stereocenters. The van der Waals surface area contributed by atoms with E-state index in [-0.39, 0.29) is 12.2 Å². The molecule has 0 saturated heterocycles. The maximum absolute atomic E-state index is 13.0. The number of halogens is 2. The summed E-state index contributed by atoms with van der Waals surface area (Å²) >= 11 is 0. The third kappa shape index (κ3) is 4.49. The molecule has 2 rings (SSSR count). The van der Waals surface area contributed by atoms with Crippen LogP contribution in [0.3, 0.4) is 0 Å². The van der Waals surface area contributed by atoms with E-state index in [1.54, 1.807) is 0 Å². The molecule has 2 amide bonds. The van der Waals surface area contributed by atoms with Gasteiger partial charge in [-0.25, -0.2) is 8.78 Å². The summed E-state index contributed by atoms with van der Waals surface area (Å²) in [6, 6.07) is 2.47. The van der Waals surface area contributed by atoms with E-state index in [1.807, 2.05) is 0 Å². The first-order valence-corrected chi connectivity index (χ1v) is 7.16. The maximum atomic E-state index is 13.0. The molecule has 1 fully saturated rings. The fraction of sp³-hybridized carbons (Fsp3) is 0.467. The number of aliphatic hydroxyl groups is 1. The number of hydrogen-bond acceptors (Lipinski definition) is 3. The highest BCUT2D eigenvalue weighted by atomic mass is 19.1. The van der Waals surface area contributed by atoms with Crippen LogP contribution in [0.5, 0.6) is 0 Å². The molecule has 1 aromatic rings. The Morgan fingerprint density at radius 2 is 1.64 bits per heavy atom. The zero-order chi connectivity index (χ0) is 16.2. The highest BCUT2D eigenvalue weighted by Gasteiger charge is 2.30. The molecule has 3 N–H and O–H groups in total. The van der Waals surface area contributed by atoms with Crippen molar-refractivity contribution in [3.63, 3.8) is 0 Å². The highest BCUT2D eigenvalue weighted by molar-refractivity contribution is 6.39. The second-order valence-electron chi connectivity index (χ2n) is 5.58. The number of nitrogens with one attached hydrogen (secondary N) is 2. The monoisotopic (exact) mass is 312 g/mol. The Morgan fingerprint density at radius 3 is 2.23 bits per heavy atom. The van der Waals surface area contributed by atoms with Crippen molar-refractivity contribution in [2.75, 3.05) is 11.9 Å². The van der Waals surface area contributed by atoms with Crippen LogP contribution in [0, 0.1) is 11.6 Å². The van der Waals surface area contributed by atoms with Crippen molar-refractivity contribution < 1.29 is 23.5 Å². The van der Waals surface area contributed by atoms with Gasteiger partial charge < -0.3 is 15.7 Å². The van der Waals surface area contributed by atoms with E-state index in [1.165, 1.54) is 0 Å². The molecule has 0 aliphatic heterocycles. The van der Waals surface area contributed by atoms with E-state index in [0.717, 1.165) is 31.4 Å². The molecule has 0 radical (unpaired) electrons. The summed E-state index contributed by atoms with van der Waals surface area (Å²) in [5.74, 6) is -3.70. The molecule has 1 aliphatic carbocycles. The van der Waals surface area contributed by atoms with E-state index in [9.17, 15) is 23.5 Å². The Labute approximate surface area is 126 Å². The predicted octanol–water partition coefficient (Wildman–Crippen LogP) is 1.71. The molecule has 0 unspecified atom stereocenters. The van der Waals surface area contributed by atoms with Gasteiger partial charge in [0.1, 0.15) is 11.6 Å². The minimum absolute atomic E-state index is 0.0171. The van der Waals surface area contributed by atoms with E-state index in [0.29, 0.717) is 18.9 Å². The normalized spacial score (nSPS) is 16.9. The number of carbonyl (C=O) groups is 2. The van der Waals surface area contributed by atoms with Crippen LogP contribution in [-0.4, -0.2) is 29.1 Å². The molecule has 5 nitrogen and oxygen atoms in total. The van der Waals surface area contributed by atoms with Gasteiger partial charge in [-0.1, -0.05) is 19.3 Å². The lowest BCUT2D eigenvalue weighted by molar-refractivity contribution is -0.137. The third-order valence-corrected chi connectivity index (χ3v) is 3.69. The molecule has 0 heterocycles. The van der Waals surface area contributed by atoms with Crippen molar-refractivity contribution in [1.29, 1.82) is 0 Å². The second-order valence-corrected chi connectivity index (χ2v) is 5.58. The number of carbonyl (C=O) groups excluding carboxylic acids is 2. The number of benzene rings is 1. The van der Waals surface area contributed by atoms with Crippen LogP contribution in [0.15, 0.2) is 18.2 Å². The lowest BCUT2D eigenvalue weighted by Crippen LogP contribution is -2.47. The summed E-state index contributed by atoms with van der Waals surface area (Å²) in [6.45, 7) is -0.0171. The average molecular weight is 312 g/mol. The Morgan fingerprint density at radius 1 is 1.05 bits per heavy atom. The quantitative estimate of drug-likeness (QED) is 0.744. The Hall–Kier alpha value is -2.02. The third-order valence-electron chi connectivity index (χ3n) is 3.69. The van der Waals surface area contributed by atoms with Gasteiger partial charge in [-0.05, 0) is 25.0 Å². The molecule has 0 spiro atoms. The first-order chi connectivity index (χ1) is 10.4. The summed E-state index contributed by atoms with van der Waals surface area (Å²) in [5, 5.41) is 14.7. The number of rotatable bonds is 3. The van der Waals surface area contributed by atoms with Crippen molar-refractivity contribution in [3.05, 3.63) is 29.8 Å². The summed E-state index contributed by atoms with van der Waals surface area (Å²) in [6.07, 6.45) is 3.94. The van der Waals surface area contributed by atoms with Crippen LogP contribution in [0.4, 0.5) is 14.5 Å². The molecular weight excluding hydrogens is 294 g/mol. The lowest BCUT2D eigenvalue weighted by atomic mass is 9.85. The second kappa shape index (κ2) is 6.83. The van der Waals surface area contributed by atoms with Gasteiger partial charge in [0.2, 0.25) is 0 Å². The van der Waals surface area contributed by atoms with E-state index in [2.05, 4.69) is 10.6 Å². The van der Waals surface area contributed by atoms with Crippen LogP contribution in [0.1, 0.15) is 32.1 Å². The van der Waals surface area contributed by atoms with E-state index < -0.39 is 29.0 Å². The smallest absolute Gasteiger partial charge is 0.313 e. The molecule has 7 heteroatoms. The SMILES string of the molecule is O=C(NCC1(O)CCCCC1)C(=O)Nc1cc(F)cc(F)c1.